The molecular weight excluding hydrogens is 326 g/mol. The van der Waals surface area contributed by atoms with Crippen LogP contribution in [-0.2, 0) is 17.8 Å². The second kappa shape index (κ2) is 6.06. The van der Waals surface area contributed by atoms with Crippen molar-refractivity contribution >= 4 is 12.1 Å². The zero-order valence-corrected chi connectivity index (χ0v) is 13.8. The van der Waals surface area contributed by atoms with Gasteiger partial charge in [0.25, 0.3) is 0 Å². The molecule has 0 N–H and O–H groups in total. The topological polar surface area (TPSA) is 50.5 Å². The van der Waals surface area contributed by atoms with Crippen molar-refractivity contribution in [1.82, 2.24) is 14.8 Å². The number of halogens is 2. The number of rotatable bonds is 2. The molecule has 1 amide bonds. The number of hydrazone groups is 1. The van der Waals surface area contributed by atoms with Crippen LogP contribution in [0.3, 0.4) is 0 Å². The summed E-state index contributed by atoms with van der Waals surface area (Å²) in [5, 5.41) is 9.88. The molecule has 1 aromatic heterocycles. The Balaban J connectivity index is 1.57. The number of aryl methyl sites for hydroxylation is 2. The molecule has 0 spiro atoms. The molecular formula is C18H18F2N4O. The van der Waals surface area contributed by atoms with Crippen LogP contribution in [0.25, 0.3) is 0 Å². The van der Waals surface area contributed by atoms with Crippen LogP contribution in [0.15, 0.2) is 29.5 Å². The van der Waals surface area contributed by atoms with Crippen molar-refractivity contribution in [3.8, 4) is 0 Å². The van der Waals surface area contributed by atoms with E-state index in [0.717, 1.165) is 17.3 Å². The highest BCUT2D eigenvalue weighted by Crippen LogP contribution is 2.33. The minimum absolute atomic E-state index is 0.102. The number of benzene rings is 1. The maximum absolute atomic E-state index is 13.5. The van der Waals surface area contributed by atoms with Gasteiger partial charge in [-0.3, -0.25) is 9.48 Å². The lowest BCUT2D eigenvalue weighted by Gasteiger charge is -2.29. The van der Waals surface area contributed by atoms with E-state index in [2.05, 4.69) is 10.2 Å². The summed E-state index contributed by atoms with van der Waals surface area (Å²) in [7, 11) is 0. The summed E-state index contributed by atoms with van der Waals surface area (Å²) in [6.07, 6.45) is 5.20. The molecule has 2 atom stereocenters. The number of carbonyl (C=O) groups is 1. The number of carbonyl (C=O) groups excluding carboxylic acids is 1. The third-order valence-corrected chi connectivity index (χ3v) is 4.96. The molecule has 7 heteroatoms. The first-order valence-electron chi connectivity index (χ1n) is 8.35. The lowest BCUT2D eigenvalue weighted by molar-refractivity contribution is -0.138. The third-order valence-electron chi connectivity index (χ3n) is 4.96. The molecule has 4 rings (SSSR count). The Morgan fingerprint density at radius 3 is 2.76 bits per heavy atom. The maximum atomic E-state index is 13.5. The lowest BCUT2D eigenvalue weighted by Crippen LogP contribution is -2.37. The summed E-state index contributed by atoms with van der Waals surface area (Å²) in [6.45, 7) is 2.68. The fourth-order valence-corrected chi connectivity index (χ4v) is 3.65. The summed E-state index contributed by atoms with van der Waals surface area (Å²) >= 11 is 0. The van der Waals surface area contributed by atoms with E-state index in [1.807, 2.05) is 17.8 Å². The van der Waals surface area contributed by atoms with E-state index in [0.29, 0.717) is 31.4 Å². The molecule has 1 aromatic carbocycles. The van der Waals surface area contributed by atoms with Gasteiger partial charge in [-0.2, -0.15) is 10.2 Å². The van der Waals surface area contributed by atoms with E-state index in [9.17, 15) is 13.6 Å². The smallest absolute Gasteiger partial charge is 0.246 e. The Bertz CT molecular complexity index is 841. The van der Waals surface area contributed by atoms with Crippen LogP contribution in [0.5, 0.6) is 0 Å². The van der Waals surface area contributed by atoms with Gasteiger partial charge in [0.15, 0.2) is 0 Å². The first-order valence-corrected chi connectivity index (χ1v) is 8.35. The van der Waals surface area contributed by atoms with Gasteiger partial charge >= 0.3 is 0 Å². The van der Waals surface area contributed by atoms with Crippen molar-refractivity contribution in [1.29, 1.82) is 0 Å². The largest absolute Gasteiger partial charge is 0.273 e. The van der Waals surface area contributed by atoms with E-state index in [1.54, 1.807) is 6.21 Å². The maximum Gasteiger partial charge on any atom is 0.246 e. The van der Waals surface area contributed by atoms with E-state index < -0.39 is 17.7 Å². The first-order chi connectivity index (χ1) is 12.0. The summed E-state index contributed by atoms with van der Waals surface area (Å²) < 4.78 is 29.0. The number of aromatic nitrogens is 2. The van der Waals surface area contributed by atoms with Crippen molar-refractivity contribution in [3.63, 3.8) is 0 Å². The molecule has 0 saturated carbocycles. The Hall–Kier alpha value is -2.57. The normalized spacial score (nSPS) is 22.3. The van der Waals surface area contributed by atoms with E-state index in [4.69, 9.17) is 0 Å². The number of hydrogen-bond acceptors (Lipinski definition) is 3. The van der Waals surface area contributed by atoms with E-state index in [1.165, 1.54) is 17.1 Å². The molecule has 0 bridgehead atoms. The van der Waals surface area contributed by atoms with Crippen molar-refractivity contribution in [2.75, 3.05) is 0 Å². The summed E-state index contributed by atoms with van der Waals surface area (Å²) in [5.74, 6) is -1.59. The Morgan fingerprint density at radius 2 is 2.00 bits per heavy atom. The molecule has 25 heavy (non-hydrogen) atoms. The number of amides is 1. The molecule has 0 fully saturated rings. The van der Waals surface area contributed by atoms with Crippen molar-refractivity contribution < 1.29 is 13.6 Å². The van der Waals surface area contributed by atoms with Crippen LogP contribution in [0.4, 0.5) is 8.78 Å². The average molecular weight is 344 g/mol. The number of fused-ring (bicyclic) bond motifs is 1. The summed E-state index contributed by atoms with van der Waals surface area (Å²) in [5.41, 5.74) is 2.58. The minimum atomic E-state index is -0.647. The predicted octanol–water partition coefficient (Wildman–Crippen LogP) is 2.99. The fourth-order valence-electron chi connectivity index (χ4n) is 3.65. The SMILES string of the molecule is Cc1cnn2c1C[C@H](C(=O)N1N=CC[C@H]1c1cc(F)cc(F)c1)CC2. The second-order valence-electron chi connectivity index (χ2n) is 6.62. The molecule has 0 unspecified atom stereocenters. The van der Waals surface area contributed by atoms with Crippen LogP contribution in [-0.4, -0.2) is 26.9 Å². The van der Waals surface area contributed by atoms with Crippen molar-refractivity contribution in [3.05, 3.63) is 52.9 Å². The van der Waals surface area contributed by atoms with Crippen LogP contribution in [0.2, 0.25) is 0 Å². The number of nitrogens with zero attached hydrogens (tertiary/aromatic N) is 4. The zero-order chi connectivity index (χ0) is 17.6. The molecule has 0 saturated heterocycles. The molecule has 0 radical (unpaired) electrons. The van der Waals surface area contributed by atoms with Crippen LogP contribution in [0.1, 0.15) is 35.7 Å². The van der Waals surface area contributed by atoms with Gasteiger partial charge in [0.05, 0.1) is 12.2 Å². The summed E-state index contributed by atoms with van der Waals surface area (Å²) in [6, 6.07) is 2.91. The Kier molecular flexibility index (Phi) is 3.86. The third kappa shape index (κ3) is 2.83. The summed E-state index contributed by atoms with van der Waals surface area (Å²) in [4.78, 5) is 13.0. The molecule has 0 aliphatic carbocycles. The molecule has 2 aromatic rings. The standard InChI is InChI=1S/C18H18F2N4O/c1-11-10-22-23-5-3-12(8-17(11)23)18(25)24-16(2-4-21-24)13-6-14(19)9-15(20)7-13/h4,6-7,9-10,12,16H,2-3,5,8H2,1H3/t12-,16+/m1/s1. The lowest BCUT2D eigenvalue weighted by atomic mass is 9.92. The Labute approximate surface area is 143 Å². The molecule has 130 valence electrons. The van der Waals surface area contributed by atoms with Crippen LogP contribution < -0.4 is 0 Å². The quantitative estimate of drug-likeness (QED) is 0.841. The van der Waals surface area contributed by atoms with Crippen LogP contribution >= 0.6 is 0 Å². The van der Waals surface area contributed by atoms with Crippen LogP contribution in [0, 0.1) is 24.5 Å². The van der Waals surface area contributed by atoms with Gasteiger partial charge < -0.3 is 0 Å². The monoisotopic (exact) mass is 344 g/mol. The van der Waals surface area contributed by atoms with E-state index >= 15 is 0 Å². The molecule has 2 aliphatic heterocycles. The fraction of sp³-hybridized carbons (Fsp3) is 0.389. The second-order valence-corrected chi connectivity index (χ2v) is 6.62. The zero-order valence-electron chi connectivity index (χ0n) is 13.8. The van der Waals surface area contributed by atoms with Gasteiger partial charge in [0.1, 0.15) is 11.6 Å². The first kappa shape index (κ1) is 15.9. The average Bonchev–Trinajstić information content (AvgIpc) is 3.20. The van der Waals surface area contributed by atoms with Gasteiger partial charge in [-0.1, -0.05) is 0 Å². The minimum Gasteiger partial charge on any atom is -0.273 e. The highest BCUT2D eigenvalue weighted by Gasteiger charge is 2.35. The van der Waals surface area contributed by atoms with Gasteiger partial charge in [-0.15, -0.1) is 0 Å². The van der Waals surface area contributed by atoms with Gasteiger partial charge in [0, 0.05) is 43.3 Å². The van der Waals surface area contributed by atoms with Gasteiger partial charge in [0.2, 0.25) is 5.91 Å². The van der Waals surface area contributed by atoms with Crippen molar-refractivity contribution in [2.45, 2.75) is 38.8 Å². The molecule has 3 heterocycles. The Morgan fingerprint density at radius 1 is 1.24 bits per heavy atom. The molecule has 5 nitrogen and oxygen atoms in total. The van der Waals surface area contributed by atoms with E-state index in [-0.39, 0.29) is 11.8 Å². The highest BCUT2D eigenvalue weighted by atomic mass is 19.1. The van der Waals surface area contributed by atoms with Gasteiger partial charge in [-0.05, 0) is 36.6 Å². The van der Waals surface area contributed by atoms with Crippen molar-refractivity contribution in [2.24, 2.45) is 11.0 Å². The molecule has 2 aliphatic rings. The number of hydrogen-bond donors (Lipinski definition) is 0. The van der Waals surface area contributed by atoms with Gasteiger partial charge in [-0.25, -0.2) is 13.8 Å². The predicted molar refractivity (Wildman–Crippen MR) is 87.8 cm³/mol. The highest BCUT2D eigenvalue weighted by molar-refractivity contribution is 5.82.